The highest BCUT2D eigenvalue weighted by atomic mass is 28.3. The second-order valence-corrected chi connectivity index (χ2v) is 16.3. The van der Waals surface area contributed by atoms with Gasteiger partial charge in [0.25, 0.3) is 5.56 Å². The van der Waals surface area contributed by atoms with Crippen molar-refractivity contribution in [2.45, 2.75) is 58.5 Å². The maximum absolute atomic E-state index is 12.9. The van der Waals surface area contributed by atoms with Crippen molar-refractivity contribution in [2.24, 2.45) is 0 Å². The number of hydrogen-bond acceptors (Lipinski definition) is 7. The summed E-state index contributed by atoms with van der Waals surface area (Å²) in [5, 5.41) is 4.18. The molecule has 0 amide bonds. The minimum atomic E-state index is -4.39. The molecule has 2 heterocycles. The Balaban J connectivity index is 1.51. The number of ether oxygens (including phenoxy) is 2. The van der Waals surface area contributed by atoms with E-state index >= 15 is 0 Å². The maximum atomic E-state index is 12.9. The van der Waals surface area contributed by atoms with E-state index in [-0.39, 0.29) is 18.2 Å². The van der Waals surface area contributed by atoms with Crippen LogP contribution < -0.4 is 20.9 Å². The van der Waals surface area contributed by atoms with Gasteiger partial charge in [0.15, 0.2) is 6.61 Å². The SMILES string of the molecule is Cc1nn(CCCN2CCN(c3ccccc3OCC(F)(F)F)CC2)c(=O)n(COCC[Si](C)(C)C)c1=O. The van der Waals surface area contributed by atoms with Crippen LogP contribution in [0.4, 0.5) is 18.9 Å². The standard InChI is InChI=1S/C25H38F3N5O4Si/c1-20-23(34)32(19-36-16-17-38(2,3)4)24(35)33(29-20)11-7-10-30-12-14-31(15-13-30)21-8-5-6-9-22(21)37-18-25(26,27)28/h5-6,8-9H,7,10-19H2,1-4H3. The lowest BCUT2D eigenvalue weighted by Gasteiger charge is -2.36. The molecule has 1 aromatic heterocycles. The van der Waals surface area contributed by atoms with Gasteiger partial charge in [-0.1, -0.05) is 31.8 Å². The summed E-state index contributed by atoms with van der Waals surface area (Å²) in [6.45, 7) is 11.2. The molecule has 1 aliphatic rings. The molecule has 3 rings (SSSR count). The zero-order valence-electron chi connectivity index (χ0n) is 22.6. The summed E-state index contributed by atoms with van der Waals surface area (Å²) in [5.74, 6) is 0.221. The Hall–Kier alpha value is -2.64. The highest BCUT2D eigenvalue weighted by molar-refractivity contribution is 6.76. The van der Waals surface area contributed by atoms with Crippen LogP contribution in [0.1, 0.15) is 12.1 Å². The molecule has 1 aromatic carbocycles. The highest BCUT2D eigenvalue weighted by Gasteiger charge is 2.29. The van der Waals surface area contributed by atoms with E-state index < -0.39 is 32.1 Å². The molecule has 0 unspecified atom stereocenters. The van der Waals surface area contributed by atoms with Crippen LogP contribution in [-0.2, 0) is 18.0 Å². The third-order valence-electron chi connectivity index (χ3n) is 6.31. The number of aromatic nitrogens is 3. The second kappa shape index (κ2) is 12.9. The van der Waals surface area contributed by atoms with E-state index in [1.54, 1.807) is 31.2 Å². The number of piperazine rings is 1. The van der Waals surface area contributed by atoms with Crippen LogP contribution >= 0.6 is 0 Å². The third-order valence-corrected chi connectivity index (χ3v) is 8.01. The number of aryl methyl sites for hydroxylation is 2. The van der Waals surface area contributed by atoms with Crippen molar-refractivity contribution in [1.29, 1.82) is 0 Å². The molecule has 0 bridgehead atoms. The van der Waals surface area contributed by atoms with E-state index in [1.165, 1.54) is 4.68 Å². The highest BCUT2D eigenvalue weighted by Crippen LogP contribution is 2.30. The lowest BCUT2D eigenvalue weighted by atomic mass is 10.2. The average Bonchev–Trinajstić information content (AvgIpc) is 2.85. The molecule has 0 radical (unpaired) electrons. The zero-order chi connectivity index (χ0) is 27.9. The van der Waals surface area contributed by atoms with Gasteiger partial charge in [-0.3, -0.25) is 9.69 Å². The second-order valence-electron chi connectivity index (χ2n) is 10.7. The van der Waals surface area contributed by atoms with E-state index in [1.807, 2.05) is 4.90 Å². The Labute approximate surface area is 221 Å². The van der Waals surface area contributed by atoms with Crippen molar-refractivity contribution in [3.05, 3.63) is 50.8 Å². The fourth-order valence-electron chi connectivity index (χ4n) is 4.14. The Bertz CT molecular complexity index is 1170. The number of hydrogen-bond donors (Lipinski definition) is 0. The molecule has 38 heavy (non-hydrogen) atoms. The van der Waals surface area contributed by atoms with Gasteiger partial charge in [-0.25, -0.2) is 14.0 Å². The van der Waals surface area contributed by atoms with Crippen LogP contribution in [0.25, 0.3) is 0 Å². The van der Waals surface area contributed by atoms with Gasteiger partial charge >= 0.3 is 11.9 Å². The number of benzene rings is 1. The van der Waals surface area contributed by atoms with Crippen LogP contribution in [0, 0.1) is 6.92 Å². The molecule has 0 atom stereocenters. The topological polar surface area (TPSA) is 81.8 Å². The molecule has 0 spiro atoms. The minimum absolute atomic E-state index is 0.0817. The van der Waals surface area contributed by atoms with Gasteiger partial charge in [0.1, 0.15) is 18.2 Å². The van der Waals surface area contributed by atoms with Gasteiger partial charge < -0.3 is 14.4 Å². The Morgan fingerprint density at radius 1 is 1.03 bits per heavy atom. The molecule has 0 saturated carbocycles. The number of alkyl halides is 3. The van der Waals surface area contributed by atoms with Gasteiger partial charge in [-0.15, -0.1) is 0 Å². The van der Waals surface area contributed by atoms with Crippen molar-refractivity contribution < 1.29 is 22.6 Å². The Morgan fingerprint density at radius 3 is 2.37 bits per heavy atom. The summed E-state index contributed by atoms with van der Waals surface area (Å²) in [6, 6.07) is 7.71. The predicted octanol–water partition coefficient (Wildman–Crippen LogP) is 3.18. The van der Waals surface area contributed by atoms with Crippen LogP contribution in [0.3, 0.4) is 0 Å². The first-order valence-electron chi connectivity index (χ1n) is 12.9. The molecular formula is C25H38F3N5O4Si. The number of anilines is 1. The molecular weight excluding hydrogens is 519 g/mol. The van der Waals surface area contributed by atoms with Gasteiger partial charge in [-0.05, 0) is 31.5 Å². The Morgan fingerprint density at radius 2 is 1.71 bits per heavy atom. The smallest absolute Gasteiger partial charge is 0.422 e. The lowest BCUT2D eigenvalue weighted by molar-refractivity contribution is -0.153. The van der Waals surface area contributed by atoms with Crippen LogP contribution in [-0.4, -0.2) is 79.4 Å². The molecule has 1 aliphatic heterocycles. The summed E-state index contributed by atoms with van der Waals surface area (Å²) in [5.41, 5.74) is -0.0147. The van der Waals surface area contributed by atoms with Crippen LogP contribution in [0.2, 0.25) is 25.7 Å². The van der Waals surface area contributed by atoms with Crippen LogP contribution in [0.5, 0.6) is 5.75 Å². The first kappa shape index (κ1) is 29.9. The van der Waals surface area contributed by atoms with Gasteiger partial charge in [0, 0.05) is 53.9 Å². The van der Waals surface area contributed by atoms with Crippen LogP contribution in [0.15, 0.2) is 33.9 Å². The van der Waals surface area contributed by atoms with Crippen molar-refractivity contribution in [1.82, 2.24) is 19.2 Å². The van der Waals surface area contributed by atoms with E-state index in [2.05, 4.69) is 29.6 Å². The largest absolute Gasteiger partial charge is 0.482 e. The van der Waals surface area contributed by atoms with Crippen molar-refractivity contribution in [2.75, 3.05) is 50.8 Å². The number of para-hydroxylation sites is 2. The van der Waals surface area contributed by atoms with E-state index in [0.29, 0.717) is 38.3 Å². The normalized spacial score (nSPS) is 15.2. The number of halogens is 3. The fourth-order valence-corrected chi connectivity index (χ4v) is 4.90. The van der Waals surface area contributed by atoms with E-state index in [9.17, 15) is 22.8 Å². The molecule has 13 heteroatoms. The van der Waals surface area contributed by atoms with E-state index in [4.69, 9.17) is 9.47 Å². The quantitative estimate of drug-likeness (QED) is 0.293. The molecule has 9 nitrogen and oxygen atoms in total. The monoisotopic (exact) mass is 557 g/mol. The zero-order valence-corrected chi connectivity index (χ0v) is 23.6. The minimum Gasteiger partial charge on any atom is -0.482 e. The molecule has 1 saturated heterocycles. The first-order valence-corrected chi connectivity index (χ1v) is 16.6. The average molecular weight is 558 g/mol. The maximum Gasteiger partial charge on any atom is 0.422 e. The molecule has 0 aliphatic carbocycles. The number of nitrogens with zero attached hydrogens (tertiary/aromatic N) is 5. The van der Waals surface area contributed by atoms with Gasteiger partial charge in [-0.2, -0.15) is 18.3 Å². The summed E-state index contributed by atoms with van der Waals surface area (Å²) in [7, 11) is -1.28. The first-order chi connectivity index (χ1) is 17.8. The molecule has 212 valence electrons. The summed E-state index contributed by atoms with van der Waals surface area (Å²) in [4.78, 5) is 29.6. The predicted molar refractivity (Wildman–Crippen MR) is 143 cm³/mol. The summed E-state index contributed by atoms with van der Waals surface area (Å²) in [6.07, 6.45) is -3.73. The van der Waals surface area contributed by atoms with Crippen molar-refractivity contribution in [3.8, 4) is 5.75 Å². The number of rotatable bonds is 12. The summed E-state index contributed by atoms with van der Waals surface area (Å²) < 4.78 is 50.9. The molecule has 1 fully saturated rings. The van der Waals surface area contributed by atoms with Crippen molar-refractivity contribution >= 4 is 13.8 Å². The lowest BCUT2D eigenvalue weighted by Crippen LogP contribution is -2.47. The van der Waals surface area contributed by atoms with Gasteiger partial charge in [0.05, 0.1) is 5.69 Å². The summed E-state index contributed by atoms with van der Waals surface area (Å²) >= 11 is 0. The van der Waals surface area contributed by atoms with E-state index in [0.717, 1.165) is 30.2 Å². The molecule has 0 N–H and O–H groups in total. The van der Waals surface area contributed by atoms with Crippen molar-refractivity contribution in [3.63, 3.8) is 0 Å². The fraction of sp³-hybridized carbons (Fsp3) is 0.640. The van der Waals surface area contributed by atoms with Gasteiger partial charge in [0.2, 0.25) is 0 Å². The Kier molecular flexibility index (Phi) is 10.2. The third kappa shape index (κ3) is 8.98. The molecule has 2 aromatic rings.